The molecular weight excluding hydrogens is 452 g/mol. The van der Waals surface area contributed by atoms with Crippen molar-refractivity contribution in [1.82, 2.24) is 10.0 Å². The van der Waals surface area contributed by atoms with E-state index in [9.17, 15) is 13.5 Å². The molecule has 3 N–H and O–H groups in total. The third-order valence-corrected chi connectivity index (χ3v) is 7.28. The zero-order chi connectivity index (χ0) is 21.1. The van der Waals surface area contributed by atoms with Crippen LogP contribution in [0.2, 0.25) is 0 Å². The second-order valence-electron chi connectivity index (χ2n) is 8.47. The zero-order valence-corrected chi connectivity index (χ0v) is 19.3. The molecule has 0 bridgehead atoms. The number of aliphatic hydroxyl groups excluding tert-OH is 1. The minimum Gasteiger partial charge on any atom is -0.390 e. The highest BCUT2D eigenvalue weighted by Crippen LogP contribution is 2.31. The Bertz CT molecular complexity index is 922. The lowest BCUT2D eigenvalue weighted by molar-refractivity contribution is 0.156. The number of hydrogen-bond donors (Lipinski definition) is 3. The number of sulfonamides is 1. The van der Waals surface area contributed by atoms with E-state index in [-0.39, 0.29) is 17.0 Å². The van der Waals surface area contributed by atoms with Gasteiger partial charge in [-0.15, -0.1) is 0 Å². The van der Waals surface area contributed by atoms with E-state index >= 15 is 0 Å². The highest BCUT2D eigenvalue weighted by molar-refractivity contribution is 9.10. The summed E-state index contributed by atoms with van der Waals surface area (Å²) in [6.07, 6.45) is 2.38. The van der Waals surface area contributed by atoms with Gasteiger partial charge in [0, 0.05) is 23.1 Å². The zero-order valence-electron chi connectivity index (χ0n) is 16.9. The van der Waals surface area contributed by atoms with Crippen LogP contribution < -0.4 is 10.0 Å². The molecule has 29 heavy (non-hydrogen) atoms. The normalized spacial score (nSPS) is 16.0. The Morgan fingerprint density at radius 1 is 1.10 bits per heavy atom. The minimum absolute atomic E-state index is 0.0349. The first kappa shape index (κ1) is 22.4. The van der Waals surface area contributed by atoms with Crippen LogP contribution in [0, 0.1) is 5.92 Å². The summed E-state index contributed by atoms with van der Waals surface area (Å²) in [6, 6.07) is 15.1. The molecule has 0 amide bonds. The van der Waals surface area contributed by atoms with Crippen LogP contribution in [0.15, 0.2) is 57.9 Å². The molecule has 0 saturated carbocycles. The van der Waals surface area contributed by atoms with Crippen LogP contribution in [0.1, 0.15) is 31.4 Å². The average Bonchev–Trinajstić information content (AvgIpc) is 3.06. The van der Waals surface area contributed by atoms with Gasteiger partial charge in [-0.05, 0) is 68.4 Å². The topological polar surface area (TPSA) is 78.4 Å². The van der Waals surface area contributed by atoms with Crippen molar-refractivity contribution in [1.29, 1.82) is 0 Å². The summed E-state index contributed by atoms with van der Waals surface area (Å²) in [5.74, 6) is 0.585. The van der Waals surface area contributed by atoms with Crippen molar-refractivity contribution in [3.63, 3.8) is 0 Å². The number of β-amino-alcohol motifs (C(OH)–C–C–N with tert-alkyl or cyclic N) is 1. The summed E-state index contributed by atoms with van der Waals surface area (Å²) in [7, 11) is -3.65. The second-order valence-corrected chi connectivity index (χ2v) is 11.2. The minimum atomic E-state index is -3.65. The molecule has 3 rings (SSSR count). The molecule has 0 heterocycles. The molecule has 0 aliphatic heterocycles. The molecule has 0 aromatic heterocycles. The van der Waals surface area contributed by atoms with E-state index in [1.165, 1.54) is 23.3 Å². The number of hydrogen-bond acceptors (Lipinski definition) is 4. The maximum atomic E-state index is 12.4. The van der Waals surface area contributed by atoms with Gasteiger partial charge in [0.15, 0.2) is 0 Å². The van der Waals surface area contributed by atoms with Crippen LogP contribution in [-0.2, 0) is 22.9 Å². The predicted molar refractivity (Wildman–Crippen MR) is 119 cm³/mol. The third kappa shape index (κ3) is 6.36. The molecule has 1 aliphatic carbocycles. The molecule has 0 saturated heterocycles. The van der Waals surface area contributed by atoms with Gasteiger partial charge in [0.25, 0.3) is 0 Å². The van der Waals surface area contributed by atoms with Gasteiger partial charge in [0.2, 0.25) is 10.0 Å². The summed E-state index contributed by atoms with van der Waals surface area (Å²) < 4.78 is 27.9. The third-order valence-electron chi connectivity index (χ3n) is 5.37. The summed E-state index contributed by atoms with van der Waals surface area (Å²) >= 11 is 3.28. The van der Waals surface area contributed by atoms with E-state index in [0.717, 1.165) is 19.3 Å². The fourth-order valence-corrected chi connectivity index (χ4v) is 5.65. The fraction of sp³-hybridized carbons (Fsp3) is 0.455. The first-order valence-corrected chi connectivity index (χ1v) is 12.2. The number of fused-ring (bicyclic) bond motifs is 1. The molecule has 0 radical (unpaired) electrons. The van der Waals surface area contributed by atoms with E-state index in [1.54, 1.807) is 12.1 Å². The smallest absolute Gasteiger partial charge is 0.240 e. The van der Waals surface area contributed by atoms with Crippen molar-refractivity contribution < 1.29 is 13.5 Å². The number of aliphatic hydroxyl groups is 1. The van der Waals surface area contributed by atoms with E-state index in [0.29, 0.717) is 16.9 Å². The molecule has 158 valence electrons. The van der Waals surface area contributed by atoms with E-state index in [4.69, 9.17) is 0 Å². The average molecular weight is 481 g/mol. The second kappa shape index (κ2) is 9.27. The molecule has 0 unspecified atom stereocenters. The summed E-state index contributed by atoms with van der Waals surface area (Å²) in [4.78, 5) is 0.174. The van der Waals surface area contributed by atoms with Gasteiger partial charge in [0.1, 0.15) is 0 Å². The molecule has 0 spiro atoms. The Hall–Kier alpha value is -1.25. The highest BCUT2D eigenvalue weighted by atomic mass is 79.9. The molecule has 0 fully saturated rings. The molecule has 2 aromatic rings. The molecule has 5 nitrogen and oxygen atoms in total. The Labute approximate surface area is 182 Å². The quantitative estimate of drug-likeness (QED) is 0.514. The first-order chi connectivity index (χ1) is 13.6. The first-order valence-electron chi connectivity index (χ1n) is 9.90. The van der Waals surface area contributed by atoms with Crippen molar-refractivity contribution in [2.75, 3.05) is 13.1 Å². The van der Waals surface area contributed by atoms with Crippen molar-refractivity contribution in [3.8, 4) is 0 Å². The molecule has 7 heteroatoms. The number of rotatable bonds is 9. The van der Waals surface area contributed by atoms with Gasteiger partial charge in [-0.2, -0.15) is 0 Å². The lowest BCUT2D eigenvalue weighted by atomic mass is 9.88. The highest BCUT2D eigenvalue weighted by Gasteiger charge is 2.28. The maximum Gasteiger partial charge on any atom is 0.240 e. The summed E-state index contributed by atoms with van der Waals surface area (Å²) in [5.41, 5.74) is 2.74. The Kier molecular flexibility index (Phi) is 7.17. The predicted octanol–water partition coefficient (Wildman–Crippen LogP) is 3.26. The van der Waals surface area contributed by atoms with Crippen molar-refractivity contribution in [3.05, 3.63) is 64.1 Å². The molecular formula is C22H29BrN2O3S. The number of nitrogens with one attached hydrogen (secondary N) is 2. The van der Waals surface area contributed by atoms with Crippen LogP contribution in [0.4, 0.5) is 0 Å². The lowest BCUT2D eigenvalue weighted by Crippen LogP contribution is -2.47. The van der Waals surface area contributed by atoms with Crippen molar-refractivity contribution >= 4 is 26.0 Å². The molecule has 2 aromatic carbocycles. The van der Waals surface area contributed by atoms with Gasteiger partial charge in [-0.3, -0.25) is 0 Å². The Balaban J connectivity index is 1.45. The van der Waals surface area contributed by atoms with Crippen LogP contribution in [0.5, 0.6) is 0 Å². The largest absolute Gasteiger partial charge is 0.390 e. The van der Waals surface area contributed by atoms with E-state index in [1.807, 2.05) is 0 Å². The Morgan fingerprint density at radius 3 is 2.38 bits per heavy atom. The van der Waals surface area contributed by atoms with Gasteiger partial charge < -0.3 is 10.4 Å². The van der Waals surface area contributed by atoms with Crippen LogP contribution >= 0.6 is 15.9 Å². The van der Waals surface area contributed by atoms with Gasteiger partial charge in [-0.25, -0.2) is 13.1 Å². The SMILES string of the molecule is CC(C)(CC1Cc2ccccc2C1)NC[C@@H](O)CNS(=O)(=O)c1cccc(Br)c1. The lowest BCUT2D eigenvalue weighted by Gasteiger charge is -2.30. The maximum absolute atomic E-state index is 12.4. The molecule has 1 atom stereocenters. The van der Waals surface area contributed by atoms with Crippen LogP contribution in [-0.4, -0.2) is 38.3 Å². The van der Waals surface area contributed by atoms with E-state index < -0.39 is 16.1 Å². The van der Waals surface area contributed by atoms with E-state index in [2.05, 4.69) is 64.1 Å². The fourth-order valence-electron chi connectivity index (χ4n) is 3.98. The number of benzene rings is 2. The number of halogens is 1. The van der Waals surface area contributed by atoms with Gasteiger partial charge in [-0.1, -0.05) is 46.3 Å². The molecule has 1 aliphatic rings. The van der Waals surface area contributed by atoms with Crippen LogP contribution in [0.25, 0.3) is 0 Å². The van der Waals surface area contributed by atoms with Crippen LogP contribution in [0.3, 0.4) is 0 Å². The summed E-state index contributed by atoms with van der Waals surface area (Å²) in [6.45, 7) is 4.56. The van der Waals surface area contributed by atoms with Crippen molar-refractivity contribution in [2.24, 2.45) is 5.92 Å². The monoisotopic (exact) mass is 480 g/mol. The Morgan fingerprint density at radius 2 is 1.76 bits per heavy atom. The standard InChI is InChI=1S/C22H29BrN2O3S/c1-22(2,13-16-10-17-6-3-4-7-18(17)11-16)24-14-20(26)15-25-29(27,28)21-9-5-8-19(23)12-21/h3-9,12,16,20,24-26H,10-11,13-15H2,1-2H3/t20-/m1/s1. The van der Waals surface area contributed by atoms with Crippen molar-refractivity contribution in [2.45, 2.75) is 49.6 Å². The van der Waals surface area contributed by atoms with Gasteiger partial charge in [0.05, 0.1) is 11.0 Å². The summed E-state index contributed by atoms with van der Waals surface area (Å²) in [5, 5.41) is 13.7. The van der Waals surface area contributed by atoms with Gasteiger partial charge >= 0.3 is 0 Å².